The average molecular weight is 210 g/mol. The Bertz CT molecular complexity index is 376. The number of nitrogens with zero attached hydrogens (tertiary/aromatic N) is 1. The van der Waals surface area contributed by atoms with E-state index in [1.807, 2.05) is 7.05 Å². The lowest BCUT2D eigenvalue weighted by Gasteiger charge is -1.88. The number of carboxylic acid groups (broad SMARTS) is 1. The van der Waals surface area contributed by atoms with Crippen LogP contribution in [0.5, 0.6) is 0 Å². The van der Waals surface area contributed by atoms with E-state index in [0.29, 0.717) is 11.3 Å². The molecule has 1 rings (SSSR count). The summed E-state index contributed by atoms with van der Waals surface area (Å²) in [6.45, 7) is 0.800. The van der Waals surface area contributed by atoms with Crippen molar-refractivity contribution in [3.8, 4) is 11.8 Å². The normalized spacial score (nSPS) is 9.21. The number of aromatic carboxylic acids is 1. The van der Waals surface area contributed by atoms with Crippen LogP contribution in [0.2, 0.25) is 0 Å². The maximum Gasteiger partial charge on any atom is 0.356 e. The molecule has 1 aromatic heterocycles. The Balaban J connectivity index is 2.69. The van der Waals surface area contributed by atoms with Crippen molar-refractivity contribution in [3.63, 3.8) is 0 Å². The predicted octanol–water partition coefficient (Wildman–Crippen LogP) is 0.802. The molecule has 1 aromatic rings. The number of aromatic nitrogens is 1. The van der Waals surface area contributed by atoms with Crippen molar-refractivity contribution in [1.82, 2.24) is 10.3 Å². The lowest BCUT2D eigenvalue weighted by atomic mass is 10.3. The molecule has 0 amide bonds. The van der Waals surface area contributed by atoms with E-state index in [0.717, 1.165) is 6.54 Å². The summed E-state index contributed by atoms with van der Waals surface area (Å²) >= 11 is 1.25. The van der Waals surface area contributed by atoms with Crippen LogP contribution in [0.1, 0.15) is 21.8 Å². The highest BCUT2D eigenvalue weighted by molar-refractivity contribution is 7.10. The van der Waals surface area contributed by atoms with Crippen molar-refractivity contribution in [2.75, 3.05) is 13.6 Å². The summed E-state index contributed by atoms with van der Waals surface area (Å²) in [5.74, 6) is 4.65. The summed E-state index contributed by atoms with van der Waals surface area (Å²) in [6, 6.07) is 0. The average Bonchev–Trinajstić information content (AvgIpc) is 2.60. The fourth-order valence-electron chi connectivity index (χ4n) is 0.817. The SMILES string of the molecule is CNCCC#Cc1scnc1C(=O)O. The number of nitrogens with one attached hydrogen (secondary N) is 1. The van der Waals surface area contributed by atoms with E-state index < -0.39 is 5.97 Å². The molecule has 0 atom stereocenters. The van der Waals surface area contributed by atoms with Crippen LogP contribution in [0.4, 0.5) is 0 Å². The molecule has 0 aliphatic rings. The molecule has 0 saturated heterocycles. The van der Waals surface area contributed by atoms with E-state index in [9.17, 15) is 4.79 Å². The Hall–Kier alpha value is -1.38. The highest BCUT2D eigenvalue weighted by Gasteiger charge is 2.10. The maximum absolute atomic E-state index is 10.6. The summed E-state index contributed by atoms with van der Waals surface area (Å²) in [7, 11) is 1.84. The van der Waals surface area contributed by atoms with Gasteiger partial charge in [-0.1, -0.05) is 11.8 Å². The van der Waals surface area contributed by atoms with Gasteiger partial charge in [0.15, 0.2) is 5.69 Å². The van der Waals surface area contributed by atoms with Gasteiger partial charge in [-0.05, 0) is 7.05 Å². The van der Waals surface area contributed by atoms with Gasteiger partial charge in [0.05, 0.1) is 5.51 Å². The third-order valence-corrected chi connectivity index (χ3v) is 2.21. The van der Waals surface area contributed by atoms with Crippen molar-refractivity contribution in [2.24, 2.45) is 0 Å². The third-order valence-electron chi connectivity index (χ3n) is 1.47. The number of thiazole rings is 1. The number of hydrogen-bond acceptors (Lipinski definition) is 4. The maximum atomic E-state index is 10.6. The molecule has 0 unspecified atom stereocenters. The van der Waals surface area contributed by atoms with E-state index in [1.54, 1.807) is 0 Å². The molecule has 0 radical (unpaired) electrons. The van der Waals surface area contributed by atoms with Gasteiger partial charge in [0.25, 0.3) is 0 Å². The minimum Gasteiger partial charge on any atom is -0.476 e. The van der Waals surface area contributed by atoms with Gasteiger partial charge in [-0.2, -0.15) is 0 Å². The largest absolute Gasteiger partial charge is 0.476 e. The molecule has 1 heterocycles. The standard InChI is InChI=1S/C9H10N2O2S/c1-10-5-3-2-4-7-8(9(12)13)11-6-14-7/h6,10H,3,5H2,1H3,(H,12,13). The van der Waals surface area contributed by atoms with Crippen molar-refractivity contribution in [2.45, 2.75) is 6.42 Å². The van der Waals surface area contributed by atoms with Crippen LogP contribution in [0, 0.1) is 11.8 Å². The fraction of sp³-hybridized carbons (Fsp3) is 0.333. The van der Waals surface area contributed by atoms with Crippen molar-refractivity contribution < 1.29 is 9.90 Å². The molecular weight excluding hydrogens is 200 g/mol. The highest BCUT2D eigenvalue weighted by atomic mass is 32.1. The molecule has 0 aliphatic carbocycles. The number of rotatable bonds is 3. The molecule has 0 saturated carbocycles. The monoisotopic (exact) mass is 210 g/mol. The molecule has 0 bridgehead atoms. The summed E-state index contributed by atoms with van der Waals surface area (Å²) in [5.41, 5.74) is 1.54. The van der Waals surface area contributed by atoms with E-state index in [2.05, 4.69) is 22.1 Å². The lowest BCUT2D eigenvalue weighted by molar-refractivity contribution is 0.0691. The van der Waals surface area contributed by atoms with E-state index in [-0.39, 0.29) is 5.69 Å². The Labute approximate surface area is 86.0 Å². The first-order valence-corrected chi connectivity index (χ1v) is 4.94. The first kappa shape index (κ1) is 10.7. The Morgan fingerprint density at radius 1 is 1.79 bits per heavy atom. The zero-order valence-corrected chi connectivity index (χ0v) is 8.52. The van der Waals surface area contributed by atoms with Gasteiger partial charge >= 0.3 is 5.97 Å². The van der Waals surface area contributed by atoms with Crippen molar-refractivity contribution >= 4 is 17.3 Å². The summed E-state index contributed by atoms with van der Waals surface area (Å²) in [6.07, 6.45) is 0.702. The second-order valence-corrected chi connectivity index (χ2v) is 3.35. The van der Waals surface area contributed by atoms with Crippen molar-refractivity contribution in [3.05, 3.63) is 16.1 Å². The molecule has 74 valence electrons. The zero-order valence-electron chi connectivity index (χ0n) is 7.70. The Morgan fingerprint density at radius 3 is 3.21 bits per heavy atom. The topological polar surface area (TPSA) is 62.2 Å². The third kappa shape index (κ3) is 2.83. The fourth-order valence-corrected chi connectivity index (χ4v) is 1.46. The minimum absolute atomic E-state index is 0.0481. The molecule has 14 heavy (non-hydrogen) atoms. The predicted molar refractivity (Wildman–Crippen MR) is 54.5 cm³/mol. The van der Waals surface area contributed by atoms with Gasteiger partial charge in [-0.15, -0.1) is 11.3 Å². The number of carboxylic acids is 1. The summed E-state index contributed by atoms with van der Waals surface area (Å²) in [5, 5.41) is 11.7. The minimum atomic E-state index is -1.02. The van der Waals surface area contributed by atoms with Crippen LogP contribution in [0.3, 0.4) is 0 Å². The quantitative estimate of drug-likeness (QED) is 0.572. The molecule has 0 aromatic carbocycles. The summed E-state index contributed by atoms with van der Waals surface area (Å²) < 4.78 is 0. The summed E-state index contributed by atoms with van der Waals surface area (Å²) in [4.78, 5) is 14.9. The lowest BCUT2D eigenvalue weighted by Crippen LogP contribution is -2.06. The molecule has 5 heteroatoms. The Morgan fingerprint density at radius 2 is 2.57 bits per heavy atom. The molecule has 0 aliphatic heterocycles. The van der Waals surface area contributed by atoms with Crippen LogP contribution < -0.4 is 5.32 Å². The second kappa shape index (κ2) is 5.37. The molecule has 4 nitrogen and oxygen atoms in total. The number of hydrogen-bond donors (Lipinski definition) is 2. The van der Waals surface area contributed by atoms with Gasteiger partial charge in [-0.25, -0.2) is 9.78 Å². The smallest absolute Gasteiger partial charge is 0.356 e. The Kier molecular flexibility index (Phi) is 4.11. The molecule has 0 fully saturated rings. The van der Waals surface area contributed by atoms with Gasteiger partial charge < -0.3 is 10.4 Å². The molecular formula is C9H10N2O2S. The van der Waals surface area contributed by atoms with Crippen LogP contribution in [-0.4, -0.2) is 29.7 Å². The van der Waals surface area contributed by atoms with Gasteiger partial charge in [0.2, 0.25) is 0 Å². The van der Waals surface area contributed by atoms with Gasteiger partial charge in [0.1, 0.15) is 4.88 Å². The van der Waals surface area contributed by atoms with Crippen LogP contribution >= 0.6 is 11.3 Å². The first-order chi connectivity index (χ1) is 6.75. The number of carbonyl (C=O) groups is 1. The van der Waals surface area contributed by atoms with E-state index >= 15 is 0 Å². The first-order valence-electron chi connectivity index (χ1n) is 4.06. The zero-order chi connectivity index (χ0) is 10.4. The van der Waals surface area contributed by atoms with Gasteiger partial charge in [0, 0.05) is 13.0 Å². The highest BCUT2D eigenvalue weighted by Crippen LogP contribution is 2.11. The molecule has 2 N–H and O–H groups in total. The van der Waals surface area contributed by atoms with E-state index in [1.165, 1.54) is 16.8 Å². The van der Waals surface area contributed by atoms with Crippen LogP contribution in [0.25, 0.3) is 0 Å². The second-order valence-electron chi connectivity index (χ2n) is 2.49. The molecule has 0 spiro atoms. The van der Waals surface area contributed by atoms with E-state index in [4.69, 9.17) is 5.11 Å². The van der Waals surface area contributed by atoms with Crippen LogP contribution in [0.15, 0.2) is 5.51 Å². The van der Waals surface area contributed by atoms with Crippen molar-refractivity contribution in [1.29, 1.82) is 0 Å². The van der Waals surface area contributed by atoms with Crippen LogP contribution in [-0.2, 0) is 0 Å². The van der Waals surface area contributed by atoms with Gasteiger partial charge in [-0.3, -0.25) is 0 Å².